The Labute approximate surface area is 171 Å². The molecule has 144 valence electrons. The summed E-state index contributed by atoms with van der Waals surface area (Å²) in [5.41, 5.74) is 3.78. The minimum atomic E-state index is -0.115. The summed E-state index contributed by atoms with van der Waals surface area (Å²) in [6.45, 7) is 4.47. The van der Waals surface area contributed by atoms with Gasteiger partial charge in [-0.1, -0.05) is 72.6 Å². The van der Waals surface area contributed by atoms with Crippen LogP contribution in [0.15, 0.2) is 72.8 Å². The first-order chi connectivity index (χ1) is 13.6. The van der Waals surface area contributed by atoms with E-state index in [1.165, 1.54) is 5.56 Å². The summed E-state index contributed by atoms with van der Waals surface area (Å²) in [6.07, 6.45) is 0.817. The van der Waals surface area contributed by atoms with Gasteiger partial charge in [0.15, 0.2) is 0 Å². The lowest BCUT2D eigenvalue weighted by molar-refractivity contribution is 0.0935. The van der Waals surface area contributed by atoms with Gasteiger partial charge >= 0.3 is 0 Å². The Morgan fingerprint density at radius 1 is 1.04 bits per heavy atom. The number of hydrogen-bond donors (Lipinski definition) is 1. The van der Waals surface area contributed by atoms with Crippen molar-refractivity contribution < 1.29 is 9.53 Å². The number of rotatable bonds is 7. The molecule has 0 heterocycles. The third-order valence-electron chi connectivity index (χ3n) is 4.64. The van der Waals surface area contributed by atoms with Crippen molar-refractivity contribution in [3.8, 4) is 5.75 Å². The molecular formula is C24H24ClNO2. The Hall–Kier alpha value is -2.78. The van der Waals surface area contributed by atoms with E-state index in [1.807, 2.05) is 36.4 Å². The largest absolute Gasteiger partial charge is 0.489 e. The van der Waals surface area contributed by atoms with E-state index < -0.39 is 0 Å². The Morgan fingerprint density at radius 3 is 2.50 bits per heavy atom. The zero-order valence-corrected chi connectivity index (χ0v) is 16.9. The minimum absolute atomic E-state index is 0.0270. The van der Waals surface area contributed by atoms with Crippen LogP contribution in [0.1, 0.15) is 46.4 Å². The van der Waals surface area contributed by atoms with Crippen molar-refractivity contribution >= 4 is 17.5 Å². The molecule has 1 N–H and O–H groups in total. The van der Waals surface area contributed by atoms with Crippen LogP contribution < -0.4 is 10.1 Å². The van der Waals surface area contributed by atoms with E-state index in [0.29, 0.717) is 22.9 Å². The number of aryl methyl sites for hydroxylation is 1. The van der Waals surface area contributed by atoms with Gasteiger partial charge in [-0.3, -0.25) is 4.79 Å². The van der Waals surface area contributed by atoms with E-state index in [0.717, 1.165) is 17.5 Å². The van der Waals surface area contributed by atoms with Gasteiger partial charge in [0.1, 0.15) is 12.4 Å². The van der Waals surface area contributed by atoms with Crippen molar-refractivity contribution in [3.05, 3.63) is 100 Å². The number of hydrogen-bond acceptors (Lipinski definition) is 2. The molecule has 0 aliphatic heterocycles. The highest BCUT2D eigenvalue weighted by atomic mass is 35.5. The van der Waals surface area contributed by atoms with E-state index in [2.05, 4.69) is 43.4 Å². The van der Waals surface area contributed by atoms with Crippen LogP contribution >= 0.6 is 11.6 Å². The number of benzene rings is 3. The van der Waals surface area contributed by atoms with Crippen molar-refractivity contribution in [2.75, 3.05) is 0 Å². The van der Waals surface area contributed by atoms with Gasteiger partial charge in [-0.05, 0) is 43.2 Å². The summed E-state index contributed by atoms with van der Waals surface area (Å²) in [7, 11) is 0. The summed E-state index contributed by atoms with van der Waals surface area (Å²) in [4.78, 5) is 12.7. The molecule has 0 aromatic heterocycles. The predicted molar refractivity (Wildman–Crippen MR) is 114 cm³/mol. The summed E-state index contributed by atoms with van der Waals surface area (Å²) in [5, 5.41) is 3.78. The molecule has 0 saturated carbocycles. The first kappa shape index (κ1) is 20.0. The Balaban J connectivity index is 1.67. The topological polar surface area (TPSA) is 38.3 Å². The second kappa shape index (κ2) is 9.43. The highest BCUT2D eigenvalue weighted by Gasteiger charge is 2.14. The average Bonchev–Trinajstić information content (AvgIpc) is 2.72. The number of carbonyl (C=O) groups is 1. The first-order valence-corrected chi connectivity index (χ1v) is 9.78. The van der Waals surface area contributed by atoms with Gasteiger partial charge in [-0.25, -0.2) is 0 Å². The van der Waals surface area contributed by atoms with Crippen LogP contribution in [0.3, 0.4) is 0 Å². The molecule has 3 aromatic rings. The van der Waals surface area contributed by atoms with Crippen LogP contribution in [-0.2, 0) is 6.61 Å². The highest BCUT2D eigenvalue weighted by molar-refractivity contribution is 6.31. The third-order valence-corrected chi connectivity index (χ3v) is 5.01. The van der Waals surface area contributed by atoms with Crippen LogP contribution in [0.4, 0.5) is 0 Å². The van der Waals surface area contributed by atoms with Gasteiger partial charge in [0, 0.05) is 16.1 Å². The number of carbonyl (C=O) groups excluding carboxylic acids is 1. The maximum Gasteiger partial charge on any atom is 0.251 e. The Bertz CT molecular complexity index is 937. The van der Waals surface area contributed by atoms with Crippen molar-refractivity contribution in [2.24, 2.45) is 0 Å². The quantitative estimate of drug-likeness (QED) is 0.526. The lowest BCUT2D eigenvalue weighted by Gasteiger charge is -2.18. The van der Waals surface area contributed by atoms with Gasteiger partial charge in [0.2, 0.25) is 0 Å². The molecular weight excluding hydrogens is 370 g/mol. The second-order valence-electron chi connectivity index (χ2n) is 6.75. The highest BCUT2D eigenvalue weighted by Crippen LogP contribution is 2.21. The molecule has 0 radical (unpaired) electrons. The Morgan fingerprint density at radius 2 is 1.79 bits per heavy atom. The zero-order valence-electron chi connectivity index (χ0n) is 16.1. The second-order valence-corrected chi connectivity index (χ2v) is 7.16. The standard InChI is InChI=1S/C24H24ClNO2/c1-3-23(18-13-11-17(2)12-14-18)26-24(27)19-8-6-9-21(15-19)28-16-20-7-4-5-10-22(20)25/h4-15,23H,3,16H2,1-2H3,(H,26,27)/t23-/m1/s1. The first-order valence-electron chi connectivity index (χ1n) is 9.40. The molecule has 0 bridgehead atoms. The smallest absolute Gasteiger partial charge is 0.251 e. The van der Waals surface area contributed by atoms with E-state index in [9.17, 15) is 4.79 Å². The lowest BCUT2D eigenvalue weighted by Crippen LogP contribution is -2.28. The van der Waals surface area contributed by atoms with Crippen molar-refractivity contribution in [3.63, 3.8) is 0 Å². The fourth-order valence-corrected chi connectivity index (χ4v) is 3.16. The molecule has 4 heteroatoms. The van der Waals surface area contributed by atoms with Crippen LogP contribution in [0.25, 0.3) is 0 Å². The van der Waals surface area contributed by atoms with Crippen molar-refractivity contribution in [2.45, 2.75) is 32.9 Å². The summed E-state index contributed by atoms with van der Waals surface area (Å²) in [6, 6.07) is 23.0. The molecule has 28 heavy (non-hydrogen) atoms. The zero-order chi connectivity index (χ0) is 19.9. The molecule has 0 aliphatic rings. The number of amides is 1. The number of ether oxygens (including phenoxy) is 1. The fourth-order valence-electron chi connectivity index (χ4n) is 2.97. The maximum atomic E-state index is 12.7. The minimum Gasteiger partial charge on any atom is -0.489 e. The molecule has 0 aliphatic carbocycles. The average molecular weight is 394 g/mol. The summed E-state index contributed by atoms with van der Waals surface area (Å²) >= 11 is 6.17. The van der Waals surface area contributed by atoms with E-state index in [1.54, 1.807) is 12.1 Å². The van der Waals surface area contributed by atoms with Gasteiger partial charge in [-0.2, -0.15) is 0 Å². The van der Waals surface area contributed by atoms with E-state index in [4.69, 9.17) is 16.3 Å². The lowest BCUT2D eigenvalue weighted by atomic mass is 10.0. The van der Waals surface area contributed by atoms with Crippen molar-refractivity contribution in [1.82, 2.24) is 5.32 Å². The van der Waals surface area contributed by atoms with E-state index >= 15 is 0 Å². The molecule has 1 atom stereocenters. The van der Waals surface area contributed by atoms with Crippen molar-refractivity contribution in [1.29, 1.82) is 0 Å². The molecule has 0 spiro atoms. The summed E-state index contributed by atoms with van der Waals surface area (Å²) < 4.78 is 5.83. The predicted octanol–water partition coefficient (Wildman–Crippen LogP) is 6.11. The van der Waals surface area contributed by atoms with Gasteiger partial charge in [0.25, 0.3) is 5.91 Å². The molecule has 0 saturated heterocycles. The van der Waals surface area contributed by atoms with Crippen LogP contribution in [0.2, 0.25) is 5.02 Å². The Kier molecular flexibility index (Phi) is 6.72. The molecule has 0 unspecified atom stereocenters. The third kappa shape index (κ3) is 5.14. The number of halogens is 1. The molecule has 3 nitrogen and oxygen atoms in total. The maximum absolute atomic E-state index is 12.7. The van der Waals surface area contributed by atoms with Crippen LogP contribution in [0.5, 0.6) is 5.75 Å². The molecule has 1 amide bonds. The number of nitrogens with one attached hydrogen (secondary N) is 1. The molecule has 3 rings (SSSR count). The summed E-state index contributed by atoms with van der Waals surface area (Å²) in [5.74, 6) is 0.520. The monoisotopic (exact) mass is 393 g/mol. The van der Waals surface area contributed by atoms with Gasteiger partial charge < -0.3 is 10.1 Å². The van der Waals surface area contributed by atoms with E-state index in [-0.39, 0.29) is 11.9 Å². The van der Waals surface area contributed by atoms with Crippen LogP contribution in [-0.4, -0.2) is 5.91 Å². The van der Waals surface area contributed by atoms with Crippen LogP contribution in [0, 0.1) is 6.92 Å². The SMILES string of the molecule is CC[C@@H](NC(=O)c1cccc(OCc2ccccc2Cl)c1)c1ccc(C)cc1. The fraction of sp³-hybridized carbons (Fsp3) is 0.208. The molecule has 0 fully saturated rings. The molecule has 3 aromatic carbocycles. The normalized spacial score (nSPS) is 11.7. The van der Waals surface area contributed by atoms with Gasteiger partial charge in [-0.15, -0.1) is 0 Å². The van der Waals surface area contributed by atoms with Gasteiger partial charge in [0.05, 0.1) is 6.04 Å².